The van der Waals surface area contributed by atoms with Gasteiger partial charge in [-0.15, -0.1) is 0 Å². The van der Waals surface area contributed by atoms with Crippen molar-refractivity contribution in [2.24, 2.45) is 5.92 Å². The molecular weight excluding hydrogens is 252 g/mol. The van der Waals surface area contributed by atoms with Crippen molar-refractivity contribution >= 4 is 17.8 Å². The second kappa shape index (κ2) is 5.51. The van der Waals surface area contributed by atoms with E-state index in [2.05, 4.69) is 20.6 Å². The predicted octanol–water partition coefficient (Wildman–Crippen LogP) is -1.34. The van der Waals surface area contributed by atoms with Crippen LogP contribution < -0.4 is 10.6 Å². The van der Waals surface area contributed by atoms with Crippen molar-refractivity contribution in [3.63, 3.8) is 0 Å². The average Bonchev–Trinajstić information content (AvgIpc) is 2.99. The molecule has 8 nitrogen and oxygen atoms in total. The van der Waals surface area contributed by atoms with Crippen LogP contribution in [0.2, 0.25) is 0 Å². The van der Waals surface area contributed by atoms with Gasteiger partial charge in [-0.1, -0.05) is 0 Å². The molecule has 1 aliphatic heterocycles. The van der Waals surface area contributed by atoms with Gasteiger partial charge in [0.05, 0.1) is 12.2 Å². The number of hydrogen-bond donors (Lipinski definition) is 4. The second-order valence-electron chi connectivity index (χ2n) is 4.39. The van der Waals surface area contributed by atoms with Gasteiger partial charge >= 0.3 is 5.97 Å². The monoisotopic (exact) mass is 266 g/mol. The number of carboxylic acid groups (broad SMARTS) is 1. The molecule has 0 aliphatic carbocycles. The smallest absolute Gasteiger partial charge is 0.326 e. The molecule has 102 valence electrons. The number of carbonyl (C=O) groups is 3. The van der Waals surface area contributed by atoms with Crippen LogP contribution in [0.1, 0.15) is 12.1 Å². The first kappa shape index (κ1) is 13.1. The van der Waals surface area contributed by atoms with Crippen LogP contribution in [0.15, 0.2) is 12.5 Å². The Labute approximate surface area is 108 Å². The van der Waals surface area contributed by atoms with E-state index in [9.17, 15) is 14.4 Å². The summed E-state index contributed by atoms with van der Waals surface area (Å²) >= 11 is 0. The highest BCUT2D eigenvalue weighted by Gasteiger charge is 2.31. The van der Waals surface area contributed by atoms with Gasteiger partial charge in [0.25, 0.3) is 0 Å². The van der Waals surface area contributed by atoms with E-state index in [0.717, 1.165) is 0 Å². The molecule has 1 fully saturated rings. The quantitative estimate of drug-likeness (QED) is 0.525. The molecule has 8 heteroatoms. The lowest BCUT2D eigenvalue weighted by molar-refractivity contribution is -0.142. The van der Waals surface area contributed by atoms with E-state index in [1.165, 1.54) is 12.5 Å². The molecule has 2 unspecified atom stereocenters. The molecule has 2 atom stereocenters. The van der Waals surface area contributed by atoms with Gasteiger partial charge in [0.1, 0.15) is 6.04 Å². The predicted molar refractivity (Wildman–Crippen MR) is 63.0 cm³/mol. The Hall–Kier alpha value is -2.38. The van der Waals surface area contributed by atoms with Gasteiger partial charge in [0.15, 0.2) is 0 Å². The van der Waals surface area contributed by atoms with E-state index in [1.54, 1.807) is 0 Å². The van der Waals surface area contributed by atoms with Crippen molar-refractivity contribution in [3.05, 3.63) is 18.2 Å². The fourth-order valence-electron chi connectivity index (χ4n) is 1.90. The van der Waals surface area contributed by atoms with E-state index in [-0.39, 0.29) is 25.3 Å². The van der Waals surface area contributed by atoms with Crippen LogP contribution in [0.3, 0.4) is 0 Å². The number of aromatic amines is 1. The van der Waals surface area contributed by atoms with Crippen LogP contribution in [0.4, 0.5) is 0 Å². The molecule has 2 heterocycles. The third-order valence-corrected chi connectivity index (χ3v) is 2.94. The van der Waals surface area contributed by atoms with E-state index in [1.807, 2.05) is 0 Å². The lowest BCUT2D eigenvalue weighted by Crippen LogP contribution is -2.45. The Morgan fingerprint density at radius 2 is 2.37 bits per heavy atom. The van der Waals surface area contributed by atoms with Gasteiger partial charge in [-0.05, 0) is 0 Å². The van der Waals surface area contributed by atoms with Crippen LogP contribution in [0.5, 0.6) is 0 Å². The maximum atomic E-state index is 11.8. The van der Waals surface area contributed by atoms with Crippen molar-refractivity contribution in [1.82, 2.24) is 20.6 Å². The minimum Gasteiger partial charge on any atom is -0.480 e. The number of aromatic nitrogens is 2. The molecule has 1 aromatic rings. The maximum absolute atomic E-state index is 11.8. The summed E-state index contributed by atoms with van der Waals surface area (Å²) in [5.41, 5.74) is 0.619. The molecule has 2 rings (SSSR count). The number of amides is 2. The zero-order chi connectivity index (χ0) is 13.8. The van der Waals surface area contributed by atoms with Crippen LogP contribution in [0, 0.1) is 5.92 Å². The minimum atomic E-state index is -1.12. The van der Waals surface area contributed by atoms with Crippen LogP contribution in [0.25, 0.3) is 0 Å². The molecule has 0 aromatic carbocycles. The summed E-state index contributed by atoms with van der Waals surface area (Å²) in [6, 6.07) is -1.04. The second-order valence-corrected chi connectivity index (χ2v) is 4.39. The fourth-order valence-corrected chi connectivity index (χ4v) is 1.90. The van der Waals surface area contributed by atoms with E-state index in [4.69, 9.17) is 5.11 Å². The third-order valence-electron chi connectivity index (χ3n) is 2.94. The van der Waals surface area contributed by atoms with Crippen molar-refractivity contribution in [3.8, 4) is 0 Å². The Kier molecular flexibility index (Phi) is 3.79. The number of aliphatic carboxylic acids is 1. The highest BCUT2D eigenvalue weighted by Crippen LogP contribution is 2.09. The number of rotatable bonds is 5. The van der Waals surface area contributed by atoms with Gasteiger partial charge in [-0.2, -0.15) is 0 Å². The summed E-state index contributed by atoms with van der Waals surface area (Å²) in [5.74, 6) is -2.25. The molecule has 0 bridgehead atoms. The van der Waals surface area contributed by atoms with Crippen molar-refractivity contribution in [2.75, 3.05) is 6.54 Å². The molecular formula is C11H14N4O4. The zero-order valence-corrected chi connectivity index (χ0v) is 10.0. The first-order valence-corrected chi connectivity index (χ1v) is 5.83. The van der Waals surface area contributed by atoms with Crippen LogP contribution >= 0.6 is 0 Å². The number of nitrogens with zero attached hydrogens (tertiary/aromatic N) is 1. The van der Waals surface area contributed by atoms with E-state index < -0.39 is 23.8 Å². The van der Waals surface area contributed by atoms with E-state index in [0.29, 0.717) is 5.69 Å². The molecule has 1 aromatic heterocycles. The Bertz CT molecular complexity index is 485. The Morgan fingerprint density at radius 1 is 1.58 bits per heavy atom. The van der Waals surface area contributed by atoms with Crippen molar-refractivity contribution < 1.29 is 19.5 Å². The normalized spacial score (nSPS) is 19.8. The summed E-state index contributed by atoms with van der Waals surface area (Å²) in [6.45, 7) is 0.251. The van der Waals surface area contributed by atoms with Gasteiger partial charge in [0, 0.05) is 31.3 Å². The first-order chi connectivity index (χ1) is 9.06. The summed E-state index contributed by atoms with van der Waals surface area (Å²) in [5, 5.41) is 14.1. The Morgan fingerprint density at radius 3 is 2.89 bits per heavy atom. The molecule has 2 amide bonds. The number of carbonyl (C=O) groups excluding carboxylic acids is 2. The molecule has 1 saturated heterocycles. The number of nitrogens with one attached hydrogen (secondary N) is 3. The highest BCUT2D eigenvalue weighted by atomic mass is 16.4. The average molecular weight is 266 g/mol. The fraction of sp³-hybridized carbons (Fsp3) is 0.455. The van der Waals surface area contributed by atoms with Crippen molar-refractivity contribution in [2.45, 2.75) is 18.9 Å². The lowest BCUT2D eigenvalue weighted by atomic mass is 10.1. The zero-order valence-electron chi connectivity index (χ0n) is 10.0. The topological polar surface area (TPSA) is 124 Å². The molecule has 0 saturated carbocycles. The standard InChI is InChI=1S/C11H14N4O4/c16-9-1-6(3-13-9)10(17)15-8(11(18)19)2-7-4-12-5-14-7/h4-6,8H,1-3H2,(H,12,14)(H,13,16)(H,15,17)(H,18,19). The number of imidazole rings is 1. The highest BCUT2D eigenvalue weighted by molar-refractivity contribution is 5.91. The minimum absolute atomic E-state index is 0.0994. The first-order valence-electron chi connectivity index (χ1n) is 5.83. The molecule has 1 aliphatic rings. The number of hydrogen-bond acceptors (Lipinski definition) is 4. The number of carboxylic acids is 1. The van der Waals surface area contributed by atoms with Gasteiger partial charge < -0.3 is 20.7 Å². The van der Waals surface area contributed by atoms with Gasteiger partial charge in [-0.25, -0.2) is 9.78 Å². The van der Waals surface area contributed by atoms with Crippen LogP contribution in [-0.4, -0.2) is 45.4 Å². The molecule has 0 spiro atoms. The van der Waals surface area contributed by atoms with Gasteiger partial charge in [-0.3, -0.25) is 9.59 Å². The Balaban J connectivity index is 1.95. The van der Waals surface area contributed by atoms with Crippen LogP contribution in [-0.2, 0) is 20.8 Å². The summed E-state index contributed by atoms with van der Waals surface area (Å²) < 4.78 is 0. The van der Waals surface area contributed by atoms with Gasteiger partial charge in [0.2, 0.25) is 11.8 Å². The third kappa shape index (κ3) is 3.30. The maximum Gasteiger partial charge on any atom is 0.326 e. The summed E-state index contributed by atoms with van der Waals surface area (Å²) in [6.07, 6.45) is 3.16. The molecule has 0 radical (unpaired) electrons. The molecule has 19 heavy (non-hydrogen) atoms. The molecule has 4 N–H and O–H groups in total. The SMILES string of the molecule is O=C1CC(C(=O)NC(Cc2cnc[nH]2)C(=O)O)CN1. The summed E-state index contributed by atoms with van der Waals surface area (Å²) in [4.78, 5) is 40.5. The lowest BCUT2D eigenvalue weighted by Gasteiger charge is -2.15. The van der Waals surface area contributed by atoms with Crippen molar-refractivity contribution in [1.29, 1.82) is 0 Å². The van der Waals surface area contributed by atoms with E-state index >= 15 is 0 Å². The largest absolute Gasteiger partial charge is 0.480 e. The summed E-state index contributed by atoms with van der Waals surface area (Å²) in [7, 11) is 0. The number of H-pyrrole nitrogens is 1.